The van der Waals surface area contributed by atoms with E-state index in [0.717, 1.165) is 11.1 Å². The number of hydrogen-bond donors (Lipinski definition) is 1. The van der Waals surface area contributed by atoms with Crippen molar-refractivity contribution in [1.29, 1.82) is 0 Å². The second-order valence-corrected chi connectivity index (χ2v) is 11.5. The molecule has 1 aliphatic heterocycles. The van der Waals surface area contributed by atoms with E-state index < -0.39 is 8.32 Å². The highest BCUT2D eigenvalue weighted by Crippen LogP contribution is 2.37. The second-order valence-electron chi connectivity index (χ2n) is 6.68. The molecule has 0 spiro atoms. The van der Waals surface area contributed by atoms with Crippen LogP contribution in [0.5, 0.6) is 0 Å². The normalized spacial score (nSPS) is 19.2. The van der Waals surface area contributed by atoms with Gasteiger partial charge in [-0.2, -0.15) is 0 Å². The first-order valence-corrected chi connectivity index (χ1v) is 9.67. The molecule has 19 heavy (non-hydrogen) atoms. The zero-order valence-corrected chi connectivity index (χ0v) is 13.4. The summed E-state index contributed by atoms with van der Waals surface area (Å²) < 4.78 is 6.21. The Morgan fingerprint density at radius 1 is 1.26 bits per heavy atom. The number of nitrogens with one attached hydrogen (secondary N) is 1. The molecule has 4 heteroatoms. The van der Waals surface area contributed by atoms with Crippen molar-refractivity contribution in [2.45, 2.75) is 44.9 Å². The van der Waals surface area contributed by atoms with Gasteiger partial charge < -0.3 is 9.74 Å². The van der Waals surface area contributed by atoms with Gasteiger partial charge in [0.1, 0.15) is 0 Å². The molecule has 0 aliphatic carbocycles. The topological polar surface area (TPSA) is 38.3 Å². The first kappa shape index (κ1) is 14.3. The van der Waals surface area contributed by atoms with Gasteiger partial charge >= 0.3 is 0 Å². The maximum atomic E-state index is 11.8. The van der Waals surface area contributed by atoms with Gasteiger partial charge in [0, 0.05) is 5.56 Å². The van der Waals surface area contributed by atoms with Gasteiger partial charge in [-0.15, -0.1) is 0 Å². The molecule has 1 aromatic carbocycles. The van der Waals surface area contributed by atoms with Crippen molar-refractivity contribution in [3.05, 3.63) is 35.4 Å². The molecule has 1 unspecified atom stereocenters. The van der Waals surface area contributed by atoms with E-state index in [-0.39, 0.29) is 17.0 Å². The molecule has 0 radical (unpaired) electrons. The lowest BCUT2D eigenvalue weighted by Crippen LogP contribution is -2.42. The van der Waals surface area contributed by atoms with E-state index in [9.17, 15) is 4.79 Å². The third kappa shape index (κ3) is 2.74. The number of carbonyl (C=O) groups excluding carboxylic acids is 1. The van der Waals surface area contributed by atoms with Gasteiger partial charge in [0.15, 0.2) is 8.32 Å². The van der Waals surface area contributed by atoms with Crippen LogP contribution in [-0.4, -0.2) is 20.8 Å². The minimum Gasteiger partial charge on any atom is -0.414 e. The molecule has 0 saturated carbocycles. The lowest BCUT2D eigenvalue weighted by Gasteiger charge is -2.37. The fourth-order valence-electron chi connectivity index (χ4n) is 1.96. The minimum absolute atomic E-state index is 0.00201. The van der Waals surface area contributed by atoms with E-state index in [1.54, 1.807) is 0 Å². The molecule has 1 aliphatic rings. The van der Waals surface area contributed by atoms with Crippen molar-refractivity contribution >= 4 is 14.2 Å². The quantitative estimate of drug-likeness (QED) is 0.859. The molecule has 0 bridgehead atoms. The van der Waals surface area contributed by atoms with E-state index in [2.05, 4.69) is 39.2 Å². The zero-order valence-electron chi connectivity index (χ0n) is 12.4. The highest BCUT2D eigenvalue weighted by molar-refractivity contribution is 6.74. The first-order valence-electron chi connectivity index (χ1n) is 6.76. The SMILES string of the molecule is CC(C)(C)[Si](C)(C)OCC1NC(=O)c2ccccc21. The Hall–Kier alpha value is -1.13. The molecule has 1 heterocycles. The number of rotatable bonds is 3. The van der Waals surface area contributed by atoms with E-state index in [4.69, 9.17) is 4.43 Å². The molecule has 0 saturated heterocycles. The average Bonchev–Trinajstić information content (AvgIpc) is 2.63. The Morgan fingerprint density at radius 3 is 2.53 bits per heavy atom. The molecule has 2 rings (SSSR count). The third-order valence-electron chi connectivity index (χ3n) is 4.30. The van der Waals surface area contributed by atoms with Crippen LogP contribution in [0.3, 0.4) is 0 Å². The zero-order chi connectivity index (χ0) is 14.3. The molecule has 104 valence electrons. The van der Waals surface area contributed by atoms with E-state index in [1.807, 2.05) is 24.3 Å². The van der Waals surface area contributed by atoms with Gasteiger partial charge in [0.2, 0.25) is 0 Å². The summed E-state index contributed by atoms with van der Waals surface area (Å²) in [4.78, 5) is 11.8. The molecule has 3 nitrogen and oxygen atoms in total. The van der Waals surface area contributed by atoms with Crippen molar-refractivity contribution in [3.63, 3.8) is 0 Å². The lowest BCUT2D eigenvalue weighted by molar-refractivity contribution is 0.0944. The van der Waals surface area contributed by atoms with Gasteiger partial charge in [0.25, 0.3) is 5.91 Å². The van der Waals surface area contributed by atoms with Crippen LogP contribution in [0, 0.1) is 0 Å². The maximum absolute atomic E-state index is 11.8. The number of benzene rings is 1. The molecule has 1 atom stereocenters. The summed E-state index contributed by atoms with van der Waals surface area (Å²) in [5.74, 6) is 0.0134. The molecule has 0 fully saturated rings. The summed E-state index contributed by atoms with van der Waals surface area (Å²) in [7, 11) is -1.77. The molecule has 0 aromatic heterocycles. The van der Waals surface area contributed by atoms with Crippen molar-refractivity contribution in [2.24, 2.45) is 0 Å². The Labute approximate surface area is 116 Å². The summed E-state index contributed by atoms with van der Waals surface area (Å²) in [5.41, 5.74) is 1.84. The number of hydrogen-bond acceptors (Lipinski definition) is 2. The van der Waals surface area contributed by atoms with Crippen molar-refractivity contribution in [1.82, 2.24) is 5.32 Å². The van der Waals surface area contributed by atoms with Crippen LogP contribution in [0.4, 0.5) is 0 Å². The summed E-state index contributed by atoms with van der Waals surface area (Å²) in [6.45, 7) is 11.7. The summed E-state index contributed by atoms with van der Waals surface area (Å²) in [6.07, 6.45) is 0. The number of fused-ring (bicyclic) bond motifs is 1. The smallest absolute Gasteiger partial charge is 0.252 e. The van der Waals surface area contributed by atoms with Gasteiger partial charge in [-0.3, -0.25) is 4.79 Å². The summed E-state index contributed by atoms with van der Waals surface area (Å²) in [6, 6.07) is 7.75. The Kier molecular flexibility index (Phi) is 3.58. The molecule has 1 amide bonds. The second kappa shape index (κ2) is 4.76. The predicted molar refractivity (Wildman–Crippen MR) is 79.8 cm³/mol. The van der Waals surface area contributed by atoms with Crippen LogP contribution in [-0.2, 0) is 4.43 Å². The van der Waals surface area contributed by atoms with E-state index >= 15 is 0 Å². The van der Waals surface area contributed by atoms with Crippen LogP contribution in [0.1, 0.15) is 42.7 Å². The lowest BCUT2D eigenvalue weighted by atomic mass is 10.1. The van der Waals surface area contributed by atoms with Gasteiger partial charge in [-0.05, 0) is 29.8 Å². The molecular weight excluding hydrogens is 254 g/mol. The van der Waals surface area contributed by atoms with E-state index in [1.165, 1.54) is 0 Å². The van der Waals surface area contributed by atoms with Crippen LogP contribution in [0.2, 0.25) is 18.1 Å². The summed E-state index contributed by atoms with van der Waals surface area (Å²) >= 11 is 0. The fraction of sp³-hybridized carbons (Fsp3) is 0.533. The monoisotopic (exact) mass is 277 g/mol. The van der Waals surface area contributed by atoms with Crippen LogP contribution < -0.4 is 5.32 Å². The van der Waals surface area contributed by atoms with Crippen molar-refractivity contribution in [3.8, 4) is 0 Å². The van der Waals surface area contributed by atoms with Gasteiger partial charge in [0.05, 0.1) is 12.6 Å². The Morgan fingerprint density at radius 2 is 1.89 bits per heavy atom. The summed E-state index contributed by atoms with van der Waals surface area (Å²) in [5, 5.41) is 3.19. The van der Waals surface area contributed by atoms with Gasteiger partial charge in [-0.25, -0.2) is 0 Å². The van der Waals surface area contributed by atoms with Crippen molar-refractivity contribution < 1.29 is 9.22 Å². The van der Waals surface area contributed by atoms with Gasteiger partial charge in [-0.1, -0.05) is 39.0 Å². The predicted octanol–water partition coefficient (Wildman–Crippen LogP) is 3.49. The standard InChI is InChI=1S/C15H23NO2Si/c1-15(2,3)19(4,5)18-10-13-11-8-6-7-9-12(11)14(17)16-13/h6-9,13H,10H2,1-5H3,(H,16,17). The minimum atomic E-state index is -1.77. The van der Waals surface area contributed by atoms with Crippen LogP contribution in [0.15, 0.2) is 24.3 Å². The molecule has 1 aromatic rings. The Bertz CT molecular complexity index is 491. The van der Waals surface area contributed by atoms with Crippen LogP contribution in [0.25, 0.3) is 0 Å². The van der Waals surface area contributed by atoms with E-state index in [0.29, 0.717) is 6.61 Å². The molecule has 1 N–H and O–H groups in total. The Balaban J connectivity index is 2.09. The highest BCUT2D eigenvalue weighted by atomic mass is 28.4. The van der Waals surface area contributed by atoms with Crippen LogP contribution >= 0.6 is 0 Å². The average molecular weight is 277 g/mol. The largest absolute Gasteiger partial charge is 0.414 e. The molecular formula is C15H23NO2Si. The fourth-order valence-corrected chi connectivity index (χ4v) is 2.98. The highest BCUT2D eigenvalue weighted by Gasteiger charge is 2.38. The maximum Gasteiger partial charge on any atom is 0.252 e. The first-order chi connectivity index (χ1) is 8.72. The van der Waals surface area contributed by atoms with Crippen molar-refractivity contribution in [2.75, 3.05) is 6.61 Å². The third-order valence-corrected chi connectivity index (χ3v) is 8.80. The number of carbonyl (C=O) groups is 1. The number of amides is 1.